The molecule has 0 aliphatic rings. The predicted molar refractivity (Wildman–Crippen MR) is 61.3 cm³/mol. The van der Waals surface area contributed by atoms with Gasteiger partial charge in [-0.1, -0.05) is 28.9 Å². The van der Waals surface area contributed by atoms with Crippen molar-refractivity contribution in [2.24, 2.45) is 0 Å². The first-order valence-corrected chi connectivity index (χ1v) is 5.47. The largest absolute Gasteiger partial charge is 0.338 e. The quantitative estimate of drug-likeness (QED) is 0.910. The van der Waals surface area contributed by atoms with Crippen LogP contribution in [-0.2, 0) is 13.0 Å². The minimum absolute atomic E-state index is 0.0986. The molecule has 0 spiro atoms. The minimum Gasteiger partial charge on any atom is -0.338 e. The molecular weight excluding hydrogens is 245 g/mol. The van der Waals surface area contributed by atoms with Crippen molar-refractivity contribution < 1.29 is 8.91 Å². The first-order valence-electron chi connectivity index (χ1n) is 5.09. The number of hydrogen-bond acceptors (Lipinski definition) is 4. The van der Waals surface area contributed by atoms with Crippen LogP contribution < -0.4 is 5.32 Å². The van der Waals surface area contributed by atoms with Crippen molar-refractivity contribution >= 4 is 11.6 Å². The van der Waals surface area contributed by atoms with E-state index in [1.165, 1.54) is 6.07 Å². The molecule has 0 saturated heterocycles. The number of benzene rings is 1. The van der Waals surface area contributed by atoms with Crippen LogP contribution in [0.25, 0.3) is 0 Å². The van der Waals surface area contributed by atoms with E-state index in [4.69, 9.17) is 16.1 Å². The molecule has 0 amide bonds. The number of rotatable bonds is 4. The molecule has 17 heavy (non-hydrogen) atoms. The monoisotopic (exact) mass is 255 g/mol. The number of halogens is 2. The summed E-state index contributed by atoms with van der Waals surface area (Å²) in [6.07, 6.45) is 0.263. The smallest absolute Gasteiger partial charge is 0.240 e. The highest BCUT2D eigenvalue weighted by Gasteiger charge is 2.11. The van der Waals surface area contributed by atoms with Gasteiger partial charge in [0.2, 0.25) is 5.89 Å². The van der Waals surface area contributed by atoms with Crippen LogP contribution in [0.2, 0.25) is 5.02 Å². The standard InChI is InChI=1S/C11H11ClFN3O/c1-14-6-10-15-9(16-17-10)5-7-3-2-4-8(12)11(7)13/h2-4,14H,5-6H2,1H3. The Bertz CT molecular complexity index is 515. The minimum atomic E-state index is -0.436. The van der Waals surface area contributed by atoms with Crippen LogP contribution in [-0.4, -0.2) is 17.2 Å². The molecule has 0 bridgehead atoms. The van der Waals surface area contributed by atoms with Gasteiger partial charge in [0.1, 0.15) is 5.82 Å². The third-order valence-electron chi connectivity index (χ3n) is 2.22. The average molecular weight is 256 g/mol. The summed E-state index contributed by atoms with van der Waals surface area (Å²) in [5.74, 6) is 0.482. The number of hydrogen-bond donors (Lipinski definition) is 1. The van der Waals surface area contributed by atoms with E-state index < -0.39 is 5.82 Å². The van der Waals surface area contributed by atoms with Crippen LogP contribution in [0.15, 0.2) is 22.7 Å². The first-order chi connectivity index (χ1) is 8.20. The van der Waals surface area contributed by atoms with E-state index in [-0.39, 0.29) is 11.4 Å². The zero-order valence-corrected chi connectivity index (χ0v) is 9.96. The van der Waals surface area contributed by atoms with Gasteiger partial charge >= 0.3 is 0 Å². The Morgan fingerprint density at radius 3 is 3.06 bits per heavy atom. The zero-order valence-electron chi connectivity index (χ0n) is 9.20. The van der Waals surface area contributed by atoms with Gasteiger partial charge in [0.05, 0.1) is 11.6 Å². The molecule has 1 aromatic carbocycles. The van der Waals surface area contributed by atoms with E-state index in [1.54, 1.807) is 19.2 Å². The van der Waals surface area contributed by atoms with E-state index >= 15 is 0 Å². The molecule has 0 unspecified atom stereocenters. The van der Waals surface area contributed by atoms with Crippen LogP contribution in [0.5, 0.6) is 0 Å². The molecule has 1 aromatic heterocycles. The van der Waals surface area contributed by atoms with Crippen molar-refractivity contribution in [1.29, 1.82) is 0 Å². The Morgan fingerprint density at radius 1 is 1.47 bits per heavy atom. The maximum Gasteiger partial charge on any atom is 0.240 e. The van der Waals surface area contributed by atoms with Gasteiger partial charge in [-0.3, -0.25) is 0 Å². The third-order valence-corrected chi connectivity index (χ3v) is 2.51. The summed E-state index contributed by atoms with van der Waals surface area (Å²) < 4.78 is 18.6. The Hall–Kier alpha value is -1.46. The fourth-order valence-corrected chi connectivity index (χ4v) is 1.63. The van der Waals surface area contributed by atoms with Crippen molar-refractivity contribution in [1.82, 2.24) is 15.5 Å². The van der Waals surface area contributed by atoms with E-state index in [9.17, 15) is 4.39 Å². The molecule has 0 fully saturated rings. The molecule has 0 atom stereocenters. The Labute approximate surface area is 103 Å². The molecule has 0 aliphatic carbocycles. The summed E-state index contributed by atoms with van der Waals surface area (Å²) in [6, 6.07) is 4.84. The topological polar surface area (TPSA) is 51.0 Å². The van der Waals surface area contributed by atoms with Crippen LogP contribution in [0.3, 0.4) is 0 Å². The molecule has 1 N–H and O–H groups in total. The van der Waals surface area contributed by atoms with Crippen molar-refractivity contribution in [3.63, 3.8) is 0 Å². The molecule has 1 heterocycles. The highest BCUT2D eigenvalue weighted by molar-refractivity contribution is 6.30. The second-order valence-corrected chi connectivity index (χ2v) is 3.93. The second-order valence-electron chi connectivity index (χ2n) is 3.52. The Balaban J connectivity index is 2.16. The summed E-state index contributed by atoms with van der Waals surface area (Å²) in [4.78, 5) is 4.12. The number of aromatic nitrogens is 2. The lowest BCUT2D eigenvalue weighted by Crippen LogP contribution is -2.05. The van der Waals surface area contributed by atoms with E-state index in [1.807, 2.05) is 0 Å². The highest BCUT2D eigenvalue weighted by atomic mass is 35.5. The molecule has 2 rings (SSSR count). The van der Waals surface area contributed by atoms with Crippen LogP contribution in [0.4, 0.5) is 4.39 Å². The third kappa shape index (κ3) is 2.81. The SMILES string of the molecule is CNCc1nc(Cc2cccc(Cl)c2F)no1. The summed E-state index contributed by atoms with van der Waals surface area (Å²) in [7, 11) is 1.78. The van der Waals surface area contributed by atoms with Gasteiger partial charge in [-0.25, -0.2) is 4.39 Å². The van der Waals surface area contributed by atoms with E-state index in [2.05, 4.69) is 15.5 Å². The van der Waals surface area contributed by atoms with Crippen LogP contribution in [0, 0.1) is 5.82 Å². The first kappa shape index (κ1) is 12.0. The Morgan fingerprint density at radius 2 is 2.29 bits per heavy atom. The van der Waals surface area contributed by atoms with Crippen LogP contribution >= 0.6 is 11.6 Å². The van der Waals surface area contributed by atoms with Crippen molar-refractivity contribution in [3.8, 4) is 0 Å². The lowest BCUT2D eigenvalue weighted by molar-refractivity contribution is 0.367. The van der Waals surface area contributed by atoms with Gasteiger partial charge in [0, 0.05) is 6.42 Å². The van der Waals surface area contributed by atoms with Crippen molar-refractivity contribution in [3.05, 3.63) is 46.3 Å². The second kappa shape index (κ2) is 5.25. The number of nitrogens with zero attached hydrogens (tertiary/aromatic N) is 2. The summed E-state index contributed by atoms with van der Waals surface area (Å²) in [5, 5.41) is 6.75. The fraction of sp³-hybridized carbons (Fsp3) is 0.273. The Kier molecular flexibility index (Phi) is 3.71. The normalized spacial score (nSPS) is 10.8. The van der Waals surface area contributed by atoms with Gasteiger partial charge in [-0.2, -0.15) is 4.98 Å². The lowest BCUT2D eigenvalue weighted by Gasteiger charge is -2.00. The highest BCUT2D eigenvalue weighted by Crippen LogP contribution is 2.19. The van der Waals surface area contributed by atoms with Gasteiger partial charge in [0.25, 0.3) is 0 Å². The van der Waals surface area contributed by atoms with Crippen molar-refractivity contribution in [2.45, 2.75) is 13.0 Å². The predicted octanol–water partition coefficient (Wildman–Crippen LogP) is 2.17. The molecule has 0 radical (unpaired) electrons. The molecule has 2 aromatic rings. The molecule has 0 saturated carbocycles. The maximum absolute atomic E-state index is 13.6. The molecule has 6 heteroatoms. The lowest BCUT2D eigenvalue weighted by atomic mass is 10.1. The summed E-state index contributed by atoms with van der Waals surface area (Å²) in [6.45, 7) is 0.491. The van der Waals surface area contributed by atoms with E-state index in [0.717, 1.165) is 0 Å². The van der Waals surface area contributed by atoms with Crippen LogP contribution in [0.1, 0.15) is 17.3 Å². The van der Waals surface area contributed by atoms with Gasteiger partial charge in [0.15, 0.2) is 5.82 Å². The van der Waals surface area contributed by atoms with E-state index in [0.29, 0.717) is 23.8 Å². The van der Waals surface area contributed by atoms with Gasteiger partial charge in [-0.05, 0) is 18.7 Å². The molecule has 0 aliphatic heterocycles. The maximum atomic E-state index is 13.6. The van der Waals surface area contributed by atoms with Gasteiger partial charge in [-0.15, -0.1) is 0 Å². The average Bonchev–Trinajstić information content (AvgIpc) is 2.73. The molecular formula is C11H11ClFN3O. The fourth-order valence-electron chi connectivity index (χ4n) is 1.44. The van der Waals surface area contributed by atoms with Crippen molar-refractivity contribution in [2.75, 3.05) is 7.05 Å². The molecule has 90 valence electrons. The summed E-state index contributed by atoms with van der Waals surface area (Å²) in [5.41, 5.74) is 0.453. The molecule has 4 nitrogen and oxygen atoms in total. The summed E-state index contributed by atoms with van der Waals surface area (Å²) >= 11 is 5.69. The number of nitrogens with one attached hydrogen (secondary N) is 1. The van der Waals surface area contributed by atoms with Gasteiger partial charge < -0.3 is 9.84 Å². The zero-order chi connectivity index (χ0) is 12.3.